The monoisotopic (exact) mass is 129 g/mol. The minimum Gasteiger partial charge on any atom is -0.481 e. The summed E-state index contributed by atoms with van der Waals surface area (Å²) in [6.07, 6.45) is 2.43. The molecule has 0 amide bonds. The van der Waals surface area contributed by atoms with Crippen LogP contribution >= 0.6 is 0 Å². The van der Waals surface area contributed by atoms with Gasteiger partial charge in [0.15, 0.2) is 0 Å². The lowest BCUT2D eigenvalue weighted by Gasteiger charge is -1.95. The molecule has 0 atom stereocenters. The van der Waals surface area contributed by atoms with Crippen molar-refractivity contribution in [3.8, 4) is 0 Å². The summed E-state index contributed by atoms with van der Waals surface area (Å²) in [4.78, 5) is 9.91. The molecule has 3 nitrogen and oxygen atoms in total. The summed E-state index contributed by atoms with van der Waals surface area (Å²) in [5.74, 6) is -0.749. The first-order valence-corrected chi connectivity index (χ1v) is 2.83. The summed E-state index contributed by atoms with van der Waals surface area (Å²) >= 11 is 0. The molecule has 0 aromatic heterocycles. The van der Waals surface area contributed by atoms with Crippen molar-refractivity contribution >= 4 is 5.97 Å². The second-order valence-corrected chi connectivity index (χ2v) is 1.66. The van der Waals surface area contributed by atoms with Crippen LogP contribution in [0.15, 0.2) is 12.8 Å². The van der Waals surface area contributed by atoms with E-state index in [1.165, 1.54) is 0 Å². The van der Waals surface area contributed by atoms with Crippen LogP contribution in [0.1, 0.15) is 12.8 Å². The van der Waals surface area contributed by atoms with Gasteiger partial charge >= 0.3 is 5.97 Å². The minimum absolute atomic E-state index is 0.223. The van der Waals surface area contributed by atoms with Crippen molar-refractivity contribution in [1.29, 1.82) is 0 Å². The quantitative estimate of drug-likeness (QED) is 0.534. The number of carbonyl (C=O) groups is 1. The maximum Gasteiger partial charge on any atom is 0.303 e. The maximum absolute atomic E-state index is 9.91. The third-order valence-corrected chi connectivity index (χ3v) is 0.856. The van der Waals surface area contributed by atoms with Crippen molar-refractivity contribution in [1.82, 2.24) is 5.32 Å². The third-order valence-electron chi connectivity index (χ3n) is 0.856. The number of rotatable bonds is 5. The first-order valence-electron chi connectivity index (χ1n) is 2.83. The third kappa shape index (κ3) is 7.01. The van der Waals surface area contributed by atoms with Gasteiger partial charge in [0.25, 0.3) is 0 Å². The van der Waals surface area contributed by atoms with Crippen molar-refractivity contribution in [3.05, 3.63) is 12.8 Å². The van der Waals surface area contributed by atoms with E-state index < -0.39 is 5.97 Å². The molecule has 0 bridgehead atoms. The molecule has 0 radical (unpaired) electrons. The van der Waals surface area contributed by atoms with Crippen LogP contribution in [0.2, 0.25) is 0 Å². The molecule has 0 aliphatic rings. The summed E-state index contributed by atoms with van der Waals surface area (Å²) in [5.41, 5.74) is 0. The Kier molecular flexibility index (Phi) is 4.59. The molecule has 52 valence electrons. The van der Waals surface area contributed by atoms with Gasteiger partial charge in [0.05, 0.1) is 0 Å². The van der Waals surface area contributed by atoms with Crippen LogP contribution in [0.25, 0.3) is 0 Å². The molecule has 0 spiro atoms. The van der Waals surface area contributed by atoms with E-state index >= 15 is 0 Å². The Morgan fingerprint density at radius 1 is 1.78 bits per heavy atom. The average Bonchev–Trinajstić information content (AvgIpc) is 1.80. The van der Waals surface area contributed by atoms with Crippen molar-refractivity contribution < 1.29 is 9.90 Å². The molecule has 0 aliphatic carbocycles. The smallest absolute Gasteiger partial charge is 0.303 e. The Balaban J connectivity index is 2.91. The molecule has 0 saturated carbocycles. The van der Waals surface area contributed by atoms with Gasteiger partial charge in [-0.05, 0) is 12.6 Å². The topological polar surface area (TPSA) is 49.3 Å². The lowest BCUT2D eigenvalue weighted by Crippen LogP contribution is -2.08. The highest BCUT2D eigenvalue weighted by Gasteiger charge is 1.92. The largest absolute Gasteiger partial charge is 0.481 e. The second-order valence-electron chi connectivity index (χ2n) is 1.66. The average molecular weight is 129 g/mol. The molecule has 0 rings (SSSR count). The number of nitrogens with one attached hydrogen (secondary N) is 1. The van der Waals surface area contributed by atoms with Gasteiger partial charge in [-0.15, -0.1) is 0 Å². The van der Waals surface area contributed by atoms with E-state index in [1.54, 1.807) is 6.20 Å². The molecule has 0 aromatic carbocycles. The molecule has 3 heteroatoms. The normalized spacial score (nSPS) is 8.44. The molecule has 0 heterocycles. The molecule has 0 aliphatic heterocycles. The van der Waals surface area contributed by atoms with Gasteiger partial charge in [-0.3, -0.25) is 4.79 Å². The van der Waals surface area contributed by atoms with Gasteiger partial charge in [-0.1, -0.05) is 6.58 Å². The van der Waals surface area contributed by atoms with E-state index in [1.807, 2.05) is 0 Å². The molecule has 9 heavy (non-hydrogen) atoms. The van der Waals surface area contributed by atoms with Crippen molar-refractivity contribution in [2.75, 3.05) is 6.54 Å². The van der Waals surface area contributed by atoms with Crippen molar-refractivity contribution in [3.63, 3.8) is 0 Å². The second kappa shape index (κ2) is 5.15. The molecule has 0 unspecified atom stereocenters. The SMILES string of the molecule is C=CNCCCC(=O)O. The summed E-state index contributed by atoms with van der Waals surface area (Å²) in [5, 5.41) is 11.0. The number of aliphatic carboxylic acids is 1. The minimum atomic E-state index is -0.749. The highest BCUT2D eigenvalue weighted by molar-refractivity contribution is 5.66. The Labute approximate surface area is 54.4 Å². The Bertz CT molecular complexity index is 101. The predicted molar refractivity (Wildman–Crippen MR) is 35.1 cm³/mol. The summed E-state index contributed by atoms with van der Waals surface area (Å²) in [7, 11) is 0. The van der Waals surface area contributed by atoms with E-state index in [0.717, 1.165) is 0 Å². The van der Waals surface area contributed by atoms with Gasteiger partial charge < -0.3 is 10.4 Å². The lowest BCUT2D eigenvalue weighted by molar-refractivity contribution is -0.137. The van der Waals surface area contributed by atoms with E-state index in [9.17, 15) is 4.79 Å². The summed E-state index contributed by atoms with van der Waals surface area (Å²) < 4.78 is 0. The summed E-state index contributed by atoms with van der Waals surface area (Å²) in [6, 6.07) is 0. The number of carboxylic acid groups (broad SMARTS) is 1. The van der Waals surface area contributed by atoms with Gasteiger partial charge in [-0.25, -0.2) is 0 Å². The zero-order valence-electron chi connectivity index (χ0n) is 5.26. The molecular weight excluding hydrogens is 118 g/mol. The number of carboxylic acids is 1. The van der Waals surface area contributed by atoms with Crippen LogP contribution in [0.5, 0.6) is 0 Å². The van der Waals surface area contributed by atoms with Crippen LogP contribution in [0, 0.1) is 0 Å². The van der Waals surface area contributed by atoms with Gasteiger partial charge in [0, 0.05) is 13.0 Å². The van der Waals surface area contributed by atoms with Crippen LogP contribution < -0.4 is 5.32 Å². The van der Waals surface area contributed by atoms with Gasteiger partial charge in [0.2, 0.25) is 0 Å². The van der Waals surface area contributed by atoms with Gasteiger partial charge in [-0.2, -0.15) is 0 Å². The Morgan fingerprint density at radius 3 is 2.89 bits per heavy atom. The predicted octanol–water partition coefficient (Wildman–Crippen LogP) is 0.584. The fraction of sp³-hybridized carbons (Fsp3) is 0.500. The van der Waals surface area contributed by atoms with Crippen LogP contribution in [-0.2, 0) is 4.79 Å². The van der Waals surface area contributed by atoms with Crippen molar-refractivity contribution in [2.45, 2.75) is 12.8 Å². The zero-order valence-corrected chi connectivity index (χ0v) is 5.26. The Hall–Kier alpha value is -0.990. The fourth-order valence-electron chi connectivity index (χ4n) is 0.444. The number of hydrogen-bond acceptors (Lipinski definition) is 2. The van der Waals surface area contributed by atoms with E-state index in [2.05, 4.69) is 11.9 Å². The highest BCUT2D eigenvalue weighted by Crippen LogP contribution is 1.84. The first kappa shape index (κ1) is 8.01. The fourth-order valence-corrected chi connectivity index (χ4v) is 0.444. The van der Waals surface area contributed by atoms with E-state index in [0.29, 0.717) is 13.0 Å². The Morgan fingerprint density at radius 2 is 2.44 bits per heavy atom. The van der Waals surface area contributed by atoms with Gasteiger partial charge in [0.1, 0.15) is 0 Å². The highest BCUT2D eigenvalue weighted by atomic mass is 16.4. The number of hydrogen-bond donors (Lipinski definition) is 2. The van der Waals surface area contributed by atoms with E-state index in [4.69, 9.17) is 5.11 Å². The maximum atomic E-state index is 9.91. The lowest BCUT2D eigenvalue weighted by atomic mass is 10.3. The zero-order chi connectivity index (χ0) is 7.11. The summed E-state index contributed by atoms with van der Waals surface area (Å²) in [6.45, 7) is 4.11. The molecule has 0 saturated heterocycles. The molecule has 2 N–H and O–H groups in total. The van der Waals surface area contributed by atoms with Crippen molar-refractivity contribution in [2.24, 2.45) is 0 Å². The standard InChI is InChI=1S/C6H11NO2/c1-2-7-5-3-4-6(8)9/h2,7H,1,3-5H2,(H,8,9). The molecular formula is C6H11NO2. The van der Waals surface area contributed by atoms with E-state index in [-0.39, 0.29) is 6.42 Å². The van der Waals surface area contributed by atoms with Crippen LogP contribution in [0.3, 0.4) is 0 Å². The molecule has 0 aromatic rings. The first-order chi connectivity index (χ1) is 4.27. The molecule has 0 fully saturated rings. The van der Waals surface area contributed by atoms with Crippen LogP contribution in [-0.4, -0.2) is 17.6 Å². The van der Waals surface area contributed by atoms with Crippen LogP contribution in [0.4, 0.5) is 0 Å².